The van der Waals surface area contributed by atoms with Crippen LogP contribution in [0.5, 0.6) is 0 Å². The van der Waals surface area contributed by atoms with Gasteiger partial charge >= 0.3 is 0 Å². The highest BCUT2D eigenvalue weighted by Crippen LogP contribution is 2.45. The molecule has 2 unspecified atom stereocenters. The molecule has 1 amide bonds. The third kappa shape index (κ3) is 4.65. The summed E-state index contributed by atoms with van der Waals surface area (Å²) >= 11 is 15.7. The van der Waals surface area contributed by atoms with Crippen LogP contribution in [0.3, 0.4) is 0 Å². The van der Waals surface area contributed by atoms with Gasteiger partial charge in [0.2, 0.25) is 0 Å². The van der Waals surface area contributed by atoms with Gasteiger partial charge in [0.15, 0.2) is 0 Å². The molecule has 0 saturated heterocycles. The van der Waals surface area contributed by atoms with E-state index in [1.54, 1.807) is 5.01 Å². The number of hydrogen-bond acceptors (Lipinski definition) is 2. The number of nitrogens with zero attached hydrogens (tertiary/aromatic N) is 2. The fraction of sp³-hybridized carbons (Fsp3) is 0.185. The molecule has 3 aromatic carbocycles. The van der Waals surface area contributed by atoms with Gasteiger partial charge in [0.1, 0.15) is 0 Å². The van der Waals surface area contributed by atoms with Crippen LogP contribution in [-0.4, -0.2) is 16.6 Å². The van der Waals surface area contributed by atoms with E-state index < -0.39 is 0 Å². The van der Waals surface area contributed by atoms with Crippen molar-refractivity contribution in [2.75, 3.05) is 0 Å². The van der Waals surface area contributed by atoms with Crippen LogP contribution in [0.15, 0.2) is 87.9 Å². The van der Waals surface area contributed by atoms with Gasteiger partial charge < -0.3 is 0 Å². The fourth-order valence-corrected chi connectivity index (χ4v) is 5.16. The van der Waals surface area contributed by atoms with Crippen LogP contribution >= 0.6 is 39.1 Å². The first-order valence-electron chi connectivity index (χ1n) is 10.9. The number of hydrogen-bond donors (Lipinski definition) is 0. The Labute approximate surface area is 211 Å². The van der Waals surface area contributed by atoms with E-state index in [-0.39, 0.29) is 17.9 Å². The number of carbonyl (C=O) groups excluding carboxylic acids is 1. The van der Waals surface area contributed by atoms with Crippen molar-refractivity contribution in [3.8, 4) is 0 Å². The number of halogens is 3. The van der Waals surface area contributed by atoms with E-state index in [9.17, 15) is 4.79 Å². The monoisotopic (exact) mass is 538 g/mol. The molecule has 0 spiro atoms. The van der Waals surface area contributed by atoms with Crippen LogP contribution in [0.25, 0.3) is 6.08 Å². The first-order valence-corrected chi connectivity index (χ1v) is 12.4. The molecule has 1 aliphatic heterocycles. The molecule has 3 nitrogen and oxygen atoms in total. The zero-order valence-corrected chi connectivity index (χ0v) is 20.8. The molecule has 1 fully saturated rings. The van der Waals surface area contributed by atoms with Gasteiger partial charge in [-0.2, -0.15) is 5.10 Å². The maximum Gasteiger partial charge on any atom is 0.274 e. The molecule has 2 atom stereocenters. The molecule has 5 rings (SSSR count). The van der Waals surface area contributed by atoms with Gasteiger partial charge in [-0.3, -0.25) is 4.79 Å². The molecule has 0 aromatic heterocycles. The van der Waals surface area contributed by atoms with E-state index in [2.05, 4.69) is 22.0 Å². The smallest absolute Gasteiger partial charge is 0.267 e. The molecule has 1 saturated carbocycles. The van der Waals surface area contributed by atoms with Gasteiger partial charge in [-0.05, 0) is 90.6 Å². The van der Waals surface area contributed by atoms with Gasteiger partial charge in [0.05, 0.1) is 11.8 Å². The summed E-state index contributed by atoms with van der Waals surface area (Å²) < 4.78 is 0.933. The molecule has 2 aliphatic rings. The quantitative estimate of drug-likeness (QED) is 0.330. The second kappa shape index (κ2) is 9.46. The molecule has 0 bridgehead atoms. The van der Waals surface area contributed by atoms with Crippen LogP contribution in [0.2, 0.25) is 10.0 Å². The Morgan fingerprint density at radius 3 is 2.24 bits per heavy atom. The molecule has 1 heterocycles. The average molecular weight is 540 g/mol. The second-order valence-electron chi connectivity index (χ2n) is 8.36. The Balaban J connectivity index is 1.57. The summed E-state index contributed by atoms with van der Waals surface area (Å²) in [7, 11) is 0. The first kappa shape index (κ1) is 22.4. The number of benzene rings is 3. The Kier molecular flexibility index (Phi) is 6.42. The molecule has 33 heavy (non-hydrogen) atoms. The van der Waals surface area contributed by atoms with Crippen LogP contribution < -0.4 is 0 Å². The zero-order chi connectivity index (χ0) is 22.9. The summed E-state index contributed by atoms with van der Waals surface area (Å²) in [4.78, 5) is 13.6. The Morgan fingerprint density at radius 1 is 0.939 bits per heavy atom. The van der Waals surface area contributed by atoms with Gasteiger partial charge in [0.25, 0.3) is 5.91 Å². The molecular formula is C27H21BrCl2N2O. The van der Waals surface area contributed by atoms with Gasteiger partial charge in [-0.1, -0.05) is 63.4 Å². The largest absolute Gasteiger partial charge is 0.274 e. The van der Waals surface area contributed by atoms with Crippen molar-refractivity contribution in [1.29, 1.82) is 0 Å². The predicted molar refractivity (Wildman–Crippen MR) is 139 cm³/mol. The Morgan fingerprint density at radius 2 is 1.58 bits per heavy atom. The highest BCUT2D eigenvalue weighted by atomic mass is 79.9. The SMILES string of the molecule is O=C(c1ccc(Br)cc1)N1N=C2C(=Cc3ccc(Cl)cc3)CCCC2C1c1ccc(Cl)cc1. The lowest BCUT2D eigenvalue weighted by Gasteiger charge is -2.29. The number of rotatable bonds is 3. The Bertz CT molecular complexity index is 1230. The first-order chi connectivity index (χ1) is 16.0. The summed E-state index contributed by atoms with van der Waals surface area (Å²) in [6, 6.07) is 22.8. The molecule has 6 heteroatoms. The average Bonchev–Trinajstić information content (AvgIpc) is 3.22. The molecular weight excluding hydrogens is 519 g/mol. The standard InChI is InChI=1S/C27H21BrCl2N2O/c28-21-10-6-19(7-11-21)27(33)32-26(18-8-14-23(30)15-9-18)24-3-1-2-20(25(24)31-32)16-17-4-12-22(29)13-5-17/h4-16,24,26H,1-3H2. The van der Waals surface area contributed by atoms with Crippen LogP contribution in [0.4, 0.5) is 0 Å². The lowest BCUT2D eigenvalue weighted by Crippen LogP contribution is -2.31. The number of carbonyl (C=O) groups is 1. The predicted octanol–water partition coefficient (Wildman–Crippen LogP) is 8.19. The third-order valence-corrected chi connectivity index (χ3v) is 7.26. The summed E-state index contributed by atoms with van der Waals surface area (Å²) in [6.07, 6.45) is 5.14. The number of fused-ring (bicyclic) bond motifs is 1. The van der Waals surface area contributed by atoms with Crippen LogP contribution in [0.1, 0.15) is 46.8 Å². The van der Waals surface area contributed by atoms with Crippen LogP contribution in [-0.2, 0) is 0 Å². The van der Waals surface area contributed by atoms with Gasteiger partial charge in [0, 0.05) is 26.0 Å². The van der Waals surface area contributed by atoms with E-state index in [1.807, 2.05) is 72.8 Å². The van der Waals surface area contributed by atoms with Crippen molar-refractivity contribution in [1.82, 2.24) is 5.01 Å². The van der Waals surface area contributed by atoms with E-state index in [0.29, 0.717) is 15.6 Å². The molecule has 166 valence electrons. The van der Waals surface area contributed by atoms with Crippen molar-refractivity contribution in [3.63, 3.8) is 0 Å². The minimum absolute atomic E-state index is 0.102. The molecule has 0 N–H and O–H groups in total. The maximum atomic E-state index is 13.6. The molecule has 0 radical (unpaired) electrons. The van der Waals surface area contributed by atoms with Crippen molar-refractivity contribution in [2.24, 2.45) is 11.0 Å². The van der Waals surface area contributed by atoms with Crippen molar-refractivity contribution in [2.45, 2.75) is 25.3 Å². The highest BCUT2D eigenvalue weighted by molar-refractivity contribution is 9.10. The van der Waals surface area contributed by atoms with E-state index in [4.69, 9.17) is 28.3 Å². The van der Waals surface area contributed by atoms with E-state index in [0.717, 1.165) is 40.6 Å². The summed E-state index contributed by atoms with van der Waals surface area (Å²) in [6.45, 7) is 0. The summed E-state index contributed by atoms with van der Waals surface area (Å²) in [5, 5.41) is 8.01. The van der Waals surface area contributed by atoms with E-state index >= 15 is 0 Å². The minimum Gasteiger partial charge on any atom is -0.267 e. The zero-order valence-electron chi connectivity index (χ0n) is 17.7. The maximum absolute atomic E-state index is 13.6. The van der Waals surface area contributed by atoms with Crippen molar-refractivity contribution >= 4 is 56.8 Å². The number of amides is 1. The molecule has 3 aromatic rings. The topological polar surface area (TPSA) is 32.7 Å². The van der Waals surface area contributed by atoms with E-state index in [1.165, 1.54) is 5.57 Å². The van der Waals surface area contributed by atoms with Gasteiger partial charge in [-0.25, -0.2) is 5.01 Å². The Hall–Kier alpha value is -2.40. The van der Waals surface area contributed by atoms with Gasteiger partial charge in [-0.15, -0.1) is 0 Å². The highest BCUT2D eigenvalue weighted by Gasteiger charge is 2.43. The van der Waals surface area contributed by atoms with Crippen molar-refractivity contribution < 1.29 is 4.79 Å². The van der Waals surface area contributed by atoms with Crippen molar-refractivity contribution in [3.05, 3.63) is 110 Å². The summed E-state index contributed by atoms with van der Waals surface area (Å²) in [5.74, 6) is 0.0352. The normalized spacial score (nSPS) is 21.1. The minimum atomic E-state index is -0.165. The lowest BCUT2D eigenvalue weighted by molar-refractivity contribution is 0.0681. The fourth-order valence-electron chi connectivity index (χ4n) is 4.65. The van der Waals surface area contributed by atoms with Crippen LogP contribution in [0, 0.1) is 5.92 Å². The number of allylic oxidation sites excluding steroid dienone is 1. The summed E-state index contributed by atoms with van der Waals surface area (Å²) in [5.41, 5.74) is 4.92. The number of hydrazone groups is 1. The third-order valence-electron chi connectivity index (χ3n) is 6.22. The lowest BCUT2D eigenvalue weighted by atomic mass is 9.77. The second-order valence-corrected chi connectivity index (χ2v) is 10.1. The molecule has 1 aliphatic carbocycles.